The lowest BCUT2D eigenvalue weighted by molar-refractivity contribution is 0.242. The molecule has 0 saturated heterocycles. The summed E-state index contributed by atoms with van der Waals surface area (Å²) in [6.45, 7) is 4.15. The molecule has 2 aromatic heterocycles. The maximum absolute atomic E-state index is 12.4. The predicted molar refractivity (Wildman–Crippen MR) is 102 cm³/mol. The number of sulfone groups is 1. The van der Waals surface area contributed by atoms with Crippen molar-refractivity contribution in [2.24, 2.45) is 0 Å². The first-order valence-electron chi connectivity index (χ1n) is 8.34. The number of nitrogens with zero attached hydrogens (tertiary/aromatic N) is 2. The van der Waals surface area contributed by atoms with Crippen molar-refractivity contribution >= 4 is 31.3 Å². The Morgan fingerprint density at radius 2 is 2.08 bits per heavy atom. The summed E-state index contributed by atoms with van der Waals surface area (Å²) in [6, 6.07) is 8.36. The molecule has 0 aliphatic carbocycles. The van der Waals surface area contributed by atoms with Crippen molar-refractivity contribution in [1.29, 1.82) is 0 Å². The van der Waals surface area contributed by atoms with Gasteiger partial charge in [-0.1, -0.05) is 18.2 Å². The molecule has 0 amide bonds. The van der Waals surface area contributed by atoms with E-state index in [1.165, 1.54) is 20.5 Å². The molecule has 8 heteroatoms. The molecule has 3 heterocycles. The van der Waals surface area contributed by atoms with Gasteiger partial charge in [-0.05, 0) is 23.9 Å². The molecule has 0 unspecified atom stereocenters. The maximum atomic E-state index is 12.4. The fraction of sp³-hybridized carbons (Fsp3) is 0.333. The summed E-state index contributed by atoms with van der Waals surface area (Å²) in [4.78, 5) is 22.5. The highest BCUT2D eigenvalue weighted by atomic mass is 32.2. The SMILES string of the molecule is Cc1c(CN2CCc3nc(S(C)(=O)=O)[nH]c(=O)c3C2)sc2ccccc12. The van der Waals surface area contributed by atoms with Crippen LogP contribution in [0.25, 0.3) is 10.1 Å². The number of nitrogens with one attached hydrogen (secondary N) is 1. The summed E-state index contributed by atoms with van der Waals surface area (Å²) < 4.78 is 24.6. The number of hydrogen-bond donors (Lipinski definition) is 1. The molecule has 0 atom stereocenters. The molecule has 136 valence electrons. The van der Waals surface area contributed by atoms with Crippen molar-refractivity contribution in [3.05, 3.63) is 56.3 Å². The molecular formula is C18H19N3O3S2. The van der Waals surface area contributed by atoms with Gasteiger partial charge in [0, 0.05) is 41.9 Å². The number of aromatic amines is 1. The largest absolute Gasteiger partial charge is 0.297 e. The molecule has 4 rings (SSSR count). The van der Waals surface area contributed by atoms with E-state index in [2.05, 4.69) is 33.9 Å². The second kappa shape index (κ2) is 6.29. The zero-order valence-electron chi connectivity index (χ0n) is 14.6. The molecule has 26 heavy (non-hydrogen) atoms. The Morgan fingerprint density at radius 3 is 2.81 bits per heavy atom. The Balaban J connectivity index is 1.62. The minimum Gasteiger partial charge on any atom is -0.297 e. The fourth-order valence-corrected chi connectivity index (χ4v) is 5.16. The average molecular weight is 390 g/mol. The normalized spacial score (nSPS) is 15.3. The summed E-state index contributed by atoms with van der Waals surface area (Å²) in [5.41, 5.74) is 2.10. The Hall–Kier alpha value is -2.03. The van der Waals surface area contributed by atoms with Crippen LogP contribution in [0.3, 0.4) is 0 Å². The zero-order valence-corrected chi connectivity index (χ0v) is 16.2. The van der Waals surface area contributed by atoms with E-state index < -0.39 is 9.84 Å². The quantitative estimate of drug-likeness (QED) is 0.695. The van der Waals surface area contributed by atoms with Crippen LogP contribution in [-0.2, 0) is 29.3 Å². The highest BCUT2D eigenvalue weighted by molar-refractivity contribution is 7.90. The van der Waals surface area contributed by atoms with E-state index in [9.17, 15) is 13.2 Å². The summed E-state index contributed by atoms with van der Waals surface area (Å²) in [5.74, 6) is 0. The molecule has 3 aromatic rings. The highest BCUT2D eigenvalue weighted by Crippen LogP contribution is 2.32. The summed E-state index contributed by atoms with van der Waals surface area (Å²) in [7, 11) is -3.52. The predicted octanol–water partition coefficient (Wildman–Crippen LogP) is 2.25. The van der Waals surface area contributed by atoms with Gasteiger partial charge in [0.05, 0.1) is 11.3 Å². The molecule has 1 N–H and O–H groups in total. The van der Waals surface area contributed by atoms with E-state index in [0.717, 1.165) is 19.3 Å². The minimum absolute atomic E-state index is 0.241. The van der Waals surface area contributed by atoms with Crippen LogP contribution in [0, 0.1) is 6.92 Å². The highest BCUT2D eigenvalue weighted by Gasteiger charge is 2.24. The lowest BCUT2D eigenvalue weighted by atomic mass is 10.1. The van der Waals surface area contributed by atoms with E-state index in [1.54, 1.807) is 11.3 Å². The molecule has 6 nitrogen and oxygen atoms in total. The average Bonchev–Trinajstić information content (AvgIpc) is 2.91. The summed E-state index contributed by atoms with van der Waals surface area (Å²) in [6.07, 6.45) is 1.63. The number of aromatic nitrogens is 2. The van der Waals surface area contributed by atoms with Crippen LogP contribution in [0.2, 0.25) is 0 Å². The number of hydrogen-bond acceptors (Lipinski definition) is 6. The van der Waals surface area contributed by atoms with Crippen molar-refractivity contribution in [3.8, 4) is 0 Å². The summed E-state index contributed by atoms with van der Waals surface area (Å²) in [5, 5.41) is 1.04. The van der Waals surface area contributed by atoms with Crippen LogP contribution in [0.4, 0.5) is 0 Å². The first-order valence-corrected chi connectivity index (χ1v) is 11.0. The van der Waals surface area contributed by atoms with Gasteiger partial charge in [0.1, 0.15) is 0 Å². The van der Waals surface area contributed by atoms with Crippen LogP contribution >= 0.6 is 11.3 Å². The standard InChI is InChI=1S/C18H19N3O3S2/c1-11-12-5-3-4-6-15(12)25-16(11)10-21-8-7-14-13(9-21)17(22)20-18(19-14)26(2,23)24/h3-6H,7-10H2,1-2H3,(H,19,20,22). The van der Waals surface area contributed by atoms with E-state index in [1.807, 2.05) is 12.1 Å². The van der Waals surface area contributed by atoms with E-state index >= 15 is 0 Å². The van der Waals surface area contributed by atoms with E-state index in [0.29, 0.717) is 24.2 Å². The molecule has 0 fully saturated rings. The summed E-state index contributed by atoms with van der Waals surface area (Å²) >= 11 is 1.79. The van der Waals surface area contributed by atoms with Crippen molar-refractivity contribution in [2.75, 3.05) is 12.8 Å². The van der Waals surface area contributed by atoms with Crippen LogP contribution < -0.4 is 5.56 Å². The smallest absolute Gasteiger partial charge is 0.256 e. The Bertz CT molecular complexity index is 1160. The second-order valence-electron chi connectivity index (χ2n) is 6.68. The van der Waals surface area contributed by atoms with Gasteiger partial charge < -0.3 is 0 Å². The number of aryl methyl sites for hydroxylation is 1. The van der Waals surface area contributed by atoms with Crippen LogP contribution in [-0.4, -0.2) is 36.1 Å². The minimum atomic E-state index is -3.52. The van der Waals surface area contributed by atoms with Gasteiger partial charge in [0.15, 0.2) is 0 Å². The third kappa shape index (κ3) is 3.08. The van der Waals surface area contributed by atoms with Crippen molar-refractivity contribution < 1.29 is 8.42 Å². The van der Waals surface area contributed by atoms with Crippen LogP contribution in [0.5, 0.6) is 0 Å². The zero-order chi connectivity index (χ0) is 18.5. The van der Waals surface area contributed by atoms with Gasteiger partial charge in [-0.25, -0.2) is 13.4 Å². The van der Waals surface area contributed by atoms with Crippen LogP contribution in [0.1, 0.15) is 21.7 Å². The third-order valence-corrected chi connectivity index (χ3v) is 6.94. The van der Waals surface area contributed by atoms with Crippen molar-refractivity contribution in [2.45, 2.75) is 31.6 Å². The third-order valence-electron chi connectivity index (χ3n) is 4.79. The number of benzene rings is 1. The Morgan fingerprint density at radius 1 is 1.31 bits per heavy atom. The number of thiophene rings is 1. The topological polar surface area (TPSA) is 83.1 Å². The van der Waals surface area contributed by atoms with Gasteiger partial charge in [-0.15, -0.1) is 11.3 Å². The van der Waals surface area contributed by atoms with Gasteiger partial charge in [0.2, 0.25) is 15.0 Å². The van der Waals surface area contributed by atoms with E-state index in [4.69, 9.17) is 0 Å². The van der Waals surface area contributed by atoms with Gasteiger partial charge >= 0.3 is 0 Å². The molecular weight excluding hydrogens is 370 g/mol. The van der Waals surface area contributed by atoms with Gasteiger partial charge in [-0.2, -0.15) is 0 Å². The molecule has 0 saturated carbocycles. The molecule has 0 bridgehead atoms. The van der Waals surface area contributed by atoms with Gasteiger partial charge in [0.25, 0.3) is 5.56 Å². The molecule has 1 aliphatic heterocycles. The Labute approximate surface area is 155 Å². The maximum Gasteiger partial charge on any atom is 0.256 e. The molecule has 1 aliphatic rings. The van der Waals surface area contributed by atoms with Crippen molar-refractivity contribution in [1.82, 2.24) is 14.9 Å². The first kappa shape index (κ1) is 17.4. The van der Waals surface area contributed by atoms with E-state index in [-0.39, 0.29) is 10.7 Å². The number of H-pyrrole nitrogens is 1. The molecule has 1 aromatic carbocycles. The van der Waals surface area contributed by atoms with Crippen LogP contribution in [0.15, 0.2) is 34.2 Å². The molecule has 0 spiro atoms. The first-order chi connectivity index (χ1) is 12.3. The fourth-order valence-electron chi connectivity index (χ4n) is 3.35. The number of rotatable bonds is 3. The number of fused-ring (bicyclic) bond motifs is 2. The lowest BCUT2D eigenvalue weighted by Gasteiger charge is -2.27. The monoisotopic (exact) mass is 389 g/mol. The van der Waals surface area contributed by atoms with Gasteiger partial charge in [-0.3, -0.25) is 14.7 Å². The Kier molecular flexibility index (Phi) is 4.21. The lowest BCUT2D eigenvalue weighted by Crippen LogP contribution is -2.36. The van der Waals surface area contributed by atoms with Crippen molar-refractivity contribution in [3.63, 3.8) is 0 Å². The second-order valence-corrected chi connectivity index (χ2v) is 9.74. The molecule has 0 radical (unpaired) electrons.